The Kier molecular flexibility index (Phi) is 3.99. The molecule has 0 atom stereocenters. The van der Waals surface area contributed by atoms with Gasteiger partial charge in [0.05, 0.1) is 5.75 Å². The van der Waals surface area contributed by atoms with E-state index in [1.54, 1.807) is 0 Å². The van der Waals surface area contributed by atoms with Crippen LogP contribution in [0.25, 0.3) is 0 Å². The summed E-state index contributed by atoms with van der Waals surface area (Å²) in [5.41, 5.74) is 7.27. The van der Waals surface area contributed by atoms with Gasteiger partial charge < -0.3 is 5.73 Å². The van der Waals surface area contributed by atoms with E-state index in [4.69, 9.17) is 18.0 Å². The van der Waals surface area contributed by atoms with Gasteiger partial charge in [0.1, 0.15) is 4.99 Å². The Labute approximate surface area is 113 Å². The molecule has 2 N–H and O–H groups in total. The van der Waals surface area contributed by atoms with Gasteiger partial charge in [-0.05, 0) is 24.5 Å². The van der Waals surface area contributed by atoms with Gasteiger partial charge >= 0.3 is 0 Å². The van der Waals surface area contributed by atoms with E-state index in [2.05, 4.69) is 0 Å². The summed E-state index contributed by atoms with van der Waals surface area (Å²) < 4.78 is 25.3. The SMILES string of the molecule is NC(=S)c1cccc(CN2CCCCS2(=O)=O)c1. The molecule has 0 radical (unpaired) electrons. The standard InChI is InChI=1S/C12H16N2O2S2/c13-12(17)11-5-3-4-10(8-11)9-14-6-1-2-7-18(14,15)16/h3-5,8H,1-2,6-7,9H2,(H2,13,17). The summed E-state index contributed by atoms with van der Waals surface area (Å²) in [6.07, 6.45) is 1.68. The molecule has 0 aromatic heterocycles. The zero-order valence-electron chi connectivity index (χ0n) is 10.0. The lowest BCUT2D eigenvalue weighted by Gasteiger charge is -2.26. The summed E-state index contributed by atoms with van der Waals surface area (Å²) in [6, 6.07) is 7.43. The van der Waals surface area contributed by atoms with Crippen LogP contribution in [0.2, 0.25) is 0 Å². The number of thiocarbonyl (C=S) groups is 1. The first kappa shape index (κ1) is 13.5. The summed E-state index contributed by atoms with van der Waals surface area (Å²) >= 11 is 4.92. The smallest absolute Gasteiger partial charge is 0.214 e. The molecule has 0 spiro atoms. The minimum atomic E-state index is -3.09. The van der Waals surface area contributed by atoms with E-state index < -0.39 is 10.0 Å². The lowest BCUT2D eigenvalue weighted by Crippen LogP contribution is -2.37. The van der Waals surface area contributed by atoms with Crippen molar-refractivity contribution < 1.29 is 8.42 Å². The molecule has 6 heteroatoms. The minimum Gasteiger partial charge on any atom is -0.389 e. The molecule has 18 heavy (non-hydrogen) atoms. The predicted molar refractivity (Wildman–Crippen MR) is 75.8 cm³/mol. The summed E-state index contributed by atoms with van der Waals surface area (Å²) in [4.78, 5) is 0.332. The van der Waals surface area contributed by atoms with E-state index in [9.17, 15) is 8.42 Å². The average molecular weight is 284 g/mol. The van der Waals surface area contributed by atoms with E-state index >= 15 is 0 Å². The molecule has 1 aliphatic rings. The zero-order valence-corrected chi connectivity index (χ0v) is 11.6. The molecule has 4 nitrogen and oxygen atoms in total. The van der Waals surface area contributed by atoms with Crippen LogP contribution in [0.3, 0.4) is 0 Å². The molecular weight excluding hydrogens is 268 g/mol. The Morgan fingerprint density at radius 1 is 1.39 bits per heavy atom. The van der Waals surface area contributed by atoms with Crippen molar-refractivity contribution in [3.05, 3.63) is 35.4 Å². The van der Waals surface area contributed by atoms with Crippen LogP contribution in [0.1, 0.15) is 24.0 Å². The van der Waals surface area contributed by atoms with Gasteiger partial charge in [0, 0.05) is 18.7 Å². The molecule has 0 saturated carbocycles. The van der Waals surface area contributed by atoms with E-state index in [0.29, 0.717) is 18.1 Å². The Morgan fingerprint density at radius 3 is 2.83 bits per heavy atom. The highest BCUT2D eigenvalue weighted by atomic mass is 32.2. The van der Waals surface area contributed by atoms with Crippen molar-refractivity contribution in [3.8, 4) is 0 Å². The Hall–Kier alpha value is -0.980. The molecule has 1 aromatic rings. The monoisotopic (exact) mass is 284 g/mol. The van der Waals surface area contributed by atoms with Gasteiger partial charge in [-0.15, -0.1) is 0 Å². The van der Waals surface area contributed by atoms with Gasteiger partial charge in [0.25, 0.3) is 0 Å². The van der Waals surface area contributed by atoms with Crippen LogP contribution in [0.15, 0.2) is 24.3 Å². The second-order valence-electron chi connectivity index (χ2n) is 4.42. The minimum absolute atomic E-state index is 0.252. The van der Waals surface area contributed by atoms with E-state index in [1.165, 1.54) is 4.31 Å². The Morgan fingerprint density at radius 2 is 2.17 bits per heavy atom. The number of nitrogens with two attached hydrogens (primary N) is 1. The Bertz CT molecular complexity index is 555. The van der Waals surface area contributed by atoms with Gasteiger partial charge in [-0.2, -0.15) is 4.31 Å². The van der Waals surface area contributed by atoms with Gasteiger partial charge in [-0.25, -0.2) is 8.42 Å². The predicted octanol–water partition coefficient (Wildman–Crippen LogP) is 1.25. The zero-order chi connectivity index (χ0) is 13.2. The van der Waals surface area contributed by atoms with Crippen LogP contribution in [-0.4, -0.2) is 30.0 Å². The molecule has 0 unspecified atom stereocenters. The number of rotatable bonds is 3. The first-order chi connectivity index (χ1) is 8.49. The highest BCUT2D eigenvalue weighted by Gasteiger charge is 2.25. The largest absolute Gasteiger partial charge is 0.389 e. The molecule has 1 aliphatic heterocycles. The lowest BCUT2D eigenvalue weighted by atomic mass is 10.1. The number of nitrogens with zero attached hydrogens (tertiary/aromatic N) is 1. The molecule has 1 heterocycles. The third-order valence-corrected chi connectivity index (χ3v) is 5.16. The summed E-state index contributed by atoms with van der Waals surface area (Å²) in [5, 5.41) is 0. The fraction of sp³-hybridized carbons (Fsp3) is 0.417. The number of hydrogen-bond acceptors (Lipinski definition) is 3. The van der Waals surface area contributed by atoms with Crippen LogP contribution in [0.4, 0.5) is 0 Å². The second-order valence-corrected chi connectivity index (χ2v) is 6.95. The number of hydrogen-bond donors (Lipinski definition) is 1. The van der Waals surface area contributed by atoms with Crippen molar-refractivity contribution in [3.63, 3.8) is 0 Å². The van der Waals surface area contributed by atoms with Crippen LogP contribution >= 0.6 is 12.2 Å². The van der Waals surface area contributed by atoms with Gasteiger partial charge in [-0.3, -0.25) is 0 Å². The van der Waals surface area contributed by atoms with E-state index in [-0.39, 0.29) is 5.75 Å². The van der Waals surface area contributed by atoms with Crippen LogP contribution in [0.5, 0.6) is 0 Å². The topological polar surface area (TPSA) is 63.4 Å². The number of benzene rings is 1. The maximum atomic E-state index is 11.9. The molecule has 0 aliphatic carbocycles. The molecule has 1 fully saturated rings. The van der Waals surface area contributed by atoms with Crippen molar-refractivity contribution in [1.29, 1.82) is 0 Å². The maximum Gasteiger partial charge on any atom is 0.214 e. The van der Waals surface area contributed by atoms with E-state index in [0.717, 1.165) is 24.0 Å². The fourth-order valence-corrected chi connectivity index (χ4v) is 3.75. The molecule has 2 rings (SSSR count). The molecule has 0 bridgehead atoms. The number of sulfonamides is 1. The first-order valence-corrected chi connectivity index (χ1v) is 7.87. The molecule has 98 valence electrons. The third kappa shape index (κ3) is 3.07. The van der Waals surface area contributed by atoms with E-state index in [1.807, 2.05) is 24.3 Å². The molecule has 1 saturated heterocycles. The van der Waals surface area contributed by atoms with Crippen molar-refractivity contribution in [1.82, 2.24) is 4.31 Å². The first-order valence-electron chi connectivity index (χ1n) is 5.85. The summed E-state index contributed by atoms with van der Waals surface area (Å²) in [5.74, 6) is 0.252. The fourth-order valence-electron chi connectivity index (χ4n) is 2.04. The third-order valence-electron chi connectivity index (χ3n) is 3.02. The summed E-state index contributed by atoms with van der Waals surface area (Å²) in [6.45, 7) is 0.998. The van der Waals surface area contributed by atoms with Crippen molar-refractivity contribution in [2.24, 2.45) is 5.73 Å². The van der Waals surface area contributed by atoms with Gasteiger partial charge in [-0.1, -0.05) is 30.4 Å². The maximum absolute atomic E-state index is 11.9. The quantitative estimate of drug-likeness (QED) is 0.848. The molecule has 0 amide bonds. The average Bonchev–Trinajstić information content (AvgIpc) is 2.32. The second kappa shape index (κ2) is 5.34. The highest BCUT2D eigenvalue weighted by molar-refractivity contribution is 7.89. The van der Waals surface area contributed by atoms with Crippen LogP contribution in [-0.2, 0) is 16.6 Å². The Balaban J connectivity index is 2.18. The van der Waals surface area contributed by atoms with Gasteiger partial charge in [0.15, 0.2) is 0 Å². The van der Waals surface area contributed by atoms with Crippen molar-refractivity contribution in [2.45, 2.75) is 19.4 Å². The van der Waals surface area contributed by atoms with Crippen molar-refractivity contribution >= 4 is 27.2 Å². The summed E-state index contributed by atoms with van der Waals surface area (Å²) in [7, 11) is -3.09. The van der Waals surface area contributed by atoms with Crippen molar-refractivity contribution in [2.75, 3.05) is 12.3 Å². The van der Waals surface area contributed by atoms with Crippen LogP contribution < -0.4 is 5.73 Å². The highest BCUT2D eigenvalue weighted by Crippen LogP contribution is 2.17. The molecule has 1 aromatic carbocycles. The lowest BCUT2D eigenvalue weighted by molar-refractivity contribution is 0.378. The molecular formula is C12H16N2O2S2. The normalized spacial score (nSPS) is 19.6. The van der Waals surface area contributed by atoms with Crippen LogP contribution in [0, 0.1) is 0 Å². The van der Waals surface area contributed by atoms with Gasteiger partial charge in [0.2, 0.25) is 10.0 Å².